The van der Waals surface area contributed by atoms with Gasteiger partial charge < -0.3 is 5.32 Å². The fourth-order valence-electron chi connectivity index (χ4n) is 2.14. The number of carbonyl (C=O) groups is 1. The van der Waals surface area contributed by atoms with Crippen molar-refractivity contribution in [1.82, 2.24) is 10.2 Å². The summed E-state index contributed by atoms with van der Waals surface area (Å²) >= 11 is 0. The third-order valence-corrected chi connectivity index (χ3v) is 3.06. The van der Waals surface area contributed by atoms with Gasteiger partial charge in [0.25, 0.3) is 5.91 Å². The molecule has 1 saturated heterocycles. The van der Waals surface area contributed by atoms with E-state index >= 15 is 0 Å². The van der Waals surface area contributed by atoms with Crippen molar-refractivity contribution in [2.45, 2.75) is 39.2 Å². The van der Waals surface area contributed by atoms with E-state index in [1.807, 2.05) is 0 Å². The van der Waals surface area contributed by atoms with E-state index in [0.717, 1.165) is 25.9 Å². The number of halogens is 2. The Hall–Kier alpha value is -0.710. The highest BCUT2D eigenvalue weighted by Crippen LogP contribution is 2.17. The van der Waals surface area contributed by atoms with Crippen molar-refractivity contribution in [2.24, 2.45) is 5.92 Å². The highest BCUT2D eigenvalue weighted by Gasteiger charge is 2.26. The minimum absolute atomic E-state index is 0.171. The van der Waals surface area contributed by atoms with Gasteiger partial charge in [-0.2, -0.15) is 8.78 Å². The predicted molar refractivity (Wildman–Crippen MR) is 58.4 cm³/mol. The molecule has 1 amide bonds. The molecule has 1 heterocycles. The van der Waals surface area contributed by atoms with Gasteiger partial charge >= 0.3 is 6.43 Å². The molecule has 0 saturated carbocycles. The van der Waals surface area contributed by atoms with Gasteiger partial charge in [0.05, 0.1) is 0 Å². The van der Waals surface area contributed by atoms with Crippen molar-refractivity contribution in [3.63, 3.8) is 0 Å². The van der Waals surface area contributed by atoms with Crippen LogP contribution in [0.15, 0.2) is 0 Å². The molecule has 1 rings (SSSR count). The fourth-order valence-corrected chi connectivity index (χ4v) is 2.14. The van der Waals surface area contributed by atoms with E-state index in [4.69, 9.17) is 0 Å². The minimum Gasteiger partial charge on any atom is -0.350 e. The largest absolute Gasteiger partial charge is 0.350 e. The lowest BCUT2D eigenvalue weighted by Gasteiger charge is -2.30. The second kappa shape index (κ2) is 6.13. The van der Waals surface area contributed by atoms with Crippen molar-refractivity contribution in [3.8, 4) is 0 Å². The molecule has 5 heteroatoms. The van der Waals surface area contributed by atoms with E-state index in [1.54, 1.807) is 0 Å². The van der Waals surface area contributed by atoms with E-state index in [0.29, 0.717) is 12.5 Å². The molecule has 3 nitrogen and oxygen atoms in total. The highest BCUT2D eigenvalue weighted by molar-refractivity contribution is 5.79. The molecular weight excluding hydrogens is 214 g/mol. The van der Waals surface area contributed by atoms with Crippen LogP contribution in [-0.2, 0) is 4.79 Å². The number of rotatable bonds is 5. The molecule has 1 aliphatic heterocycles. The van der Waals surface area contributed by atoms with Crippen molar-refractivity contribution in [1.29, 1.82) is 0 Å². The average molecular weight is 234 g/mol. The van der Waals surface area contributed by atoms with Gasteiger partial charge in [-0.05, 0) is 31.8 Å². The van der Waals surface area contributed by atoms with Crippen LogP contribution in [0.4, 0.5) is 8.78 Å². The standard InChI is InChI=1S/C11H20F2N2O/c1-8(2)9(15-5-3-4-6-15)7-14-11(16)10(12)13/h8-10H,3-7H2,1-2H3,(H,14,16). The first kappa shape index (κ1) is 13.4. The monoisotopic (exact) mass is 234 g/mol. The van der Waals surface area contributed by atoms with Crippen LogP contribution in [0.3, 0.4) is 0 Å². The van der Waals surface area contributed by atoms with Crippen LogP contribution >= 0.6 is 0 Å². The summed E-state index contributed by atoms with van der Waals surface area (Å²) in [6.45, 7) is 6.44. The Balaban J connectivity index is 2.42. The van der Waals surface area contributed by atoms with Crippen molar-refractivity contribution >= 4 is 5.91 Å². The molecule has 94 valence electrons. The molecular formula is C11H20F2N2O. The molecule has 1 atom stereocenters. The van der Waals surface area contributed by atoms with Gasteiger partial charge in [0, 0.05) is 12.6 Å². The molecule has 0 spiro atoms. The van der Waals surface area contributed by atoms with Gasteiger partial charge in [-0.25, -0.2) is 0 Å². The number of carbonyl (C=O) groups excluding carboxylic acids is 1. The molecule has 0 aromatic carbocycles. The zero-order chi connectivity index (χ0) is 12.1. The smallest absolute Gasteiger partial charge is 0.315 e. The van der Waals surface area contributed by atoms with Gasteiger partial charge in [0.15, 0.2) is 0 Å². The van der Waals surface area contributed by atoms with E-state index in [2.05, 4.69) is 24.1 Å². The molecule has 16 heavy (non-hydrogen) atoms. The van der Waals surface area contributed by atoms with Crippen LogP contribution in [0.2, 0.25) is 0 Å². The normalized spacial score (nSPS) is 19.4. The summed E-state index contributed by atoms with van der Waals surface area (Å²) in [6.07, 6.45) is -0.593. The Bertz CT molecular complexity index is 228. The van der Waals surface area contributed by atoms with E-state index in [-0.39, 0.29) is 6.04 Å². The van der Waals surface area contributed by atoms with Crippen molar-refractivity contribution in [3.05, 3.63) is 0 Å². The third-order valence-electron chi connectivity index (χ3n) is 3.06. The summed E-state index contributed by atoms with van der Waals surface area (Å²) < 4.78 is 24.1. The molecule has 1 aliphatic rings. The maximum Gasteiger partial charge on any atom is 0.315 e. The van der Waals surface area contributed by atoms with Crippen LogP contribution in [0.1, 0.15) is 26.7 Å². The second-order valence-electron chi connectivity index (χ2n) is 4.60. The Labute approximate surface area is 95.2 Å². The first-order valence-corrected chi connectivity index (χ1v) is 5.82. The minimum atomic E-state index is -2.91. The van der Waals surface area contributed by atoms with Crippen LogP contribution in [0.5, 0.6) is 0 Å². The van der Waals surface area contributed by atoms with Crippen molar-refractivity contribution in [2.75, 3.05) is 19.6 Å². The number of hydrogen-bond acceptors (Lipinski definition) is 2. The molecule has 0 bridgehead atoms. The summed E-state index contributed by atoms with van der Waals surface area (Å²) in [5.74, 6) is -0.805. The number of nitrogens with one attached hydrogen (secondary N) is 1. The number of alkyl halides is 2. The molecule has 0 aromatic rings. The van der Waals surface area contributed by atoms with Gasteiger partial charge in [0.2, 0.25) is 0 Å². The summed E-state index contributed by atoms with van der Waals surface area (Å²) in [5, 5.41) is 2.31. The SMILES string of the molecule is CC(C)C(CNC(=O)C(F)F)N1CCCC1. The van der Waals surface area contributed by atoms with E-state index < -0.39 is 12.3 Å². The highest BCUT2D eigenvalue weighted by atomic mass is 19.3. The number of amides is 1. The van der Waals surface area contributed by atoms with Crippen LogP contribution < -0.4 is 5.32 Å². The van der Waals surface area contributed by atoms with Gasteiger partial charge in [-0.15, -0.1) is 0 Å². The summed E-state index contributed by atoms with van der Waals surface area (Å²) in [6, 6.07) is 0.171. The van der Waals surface area contributed by atoms with Crippen LogP contribution in [0, 0.1) is 5.92 Å². The zero-order valence-corrected chi connectivity index (χ0v) is 9.88. The number of likely N-dealkylation sites (tertiary alicyclic amines) is 1. The van der Waals surface area contributed by atoms with Gasteiger partial charge in [0.1, 0.15) is 0 Å². The average Bonchev–Trinajstić information content (AvgIpc) is 2.70. The Morgan fingerprint density at radius 1 is 1.31 bits per heavy atom. The number of hydrogen-bond donors (Lipinski definition) is 1. The summed E-state index contributed by atoms with van der Waals surface area (Å²) in [5.41, 5.74) is 0. The summed E-state index contributed by atoms with van der Waals surface area (Å²) in [4.78, 5) is 13.1. The molecule has 1 N–H and O–H groups in total. The topological polar surface area (TPSA) is 32.3 Å². The molecule has 0 aromatic heterocycles. The molecule has 1 fully saturated rings. The maximum atomic E-state index is 12.0. The summed E-state index contributed by atoms with van der Waals surface area (Å²) in [7, 11) is 0. The van der Waals surface area contributed by atoms with Crippen LogP contribution in [-0.4, -0.2) is 42.9 Å². The first-order chi connectivity index (χ1) is 7.52. The van der Waals surface area contributed by atoms with Gasteiger partial charge in [-0.1, -0.05) is 13.8 Å². The fraction of sp³-hybridized carbons (Fsp3) is 0.909. The first-order valence-electron chi connectivity index (χ1n) is 5.82. The number of nitrogens with zero attached hydrogens (tertiary/aromatic N) is 1. The quantitative estimate of drug-likeness (QED) is 0.781. The van der Waals surface area contributed by atoms with Gasteiger partial charge in [-0.3, -0.25) is 9.69 Å². The Morgan fingerprint density at radius 2 is 1.88 bits per heavy atom. The third kappa shape index (κ3) is 3.70. The maximum absolute atomic E-state index is 12.0. The predicted octanol–water partition coefficient (Wildman–Crippen LogP) is 1.49. The van der Waals surface area contributed by atoms with E-state index in [1.165, 1.54) is 0 Å². The lowest BCUT2D eigenvalue weighted by Crippen LogP contribution is -2.46. The Morgan fingerprint density at radius 3 is 2.31 bits per heavy atom. The molecule has 0 aliphatic carbocycles. The molecule has 1 unspecified atom stereocenters. The van der Waals surface area contributed by atoms with Crippen molar-refractivity contribution < 1.29 is 13.6 Å². The molecule has 0 radical (unpaired) electrons. The van der Waals surface area contributed by atoms with Crippen LogP contribution in [0.25, 0.3) is 0 Å². The lowest BCUT2D eigenvalue weighted by atomic mass is 10.0. The zero-order valence-electron chi connectivity index (χ0n) is 9.88. The Kier molecular flexibility index (Phi) is 5.12. The lowest BCUT2D eigenvalue weighted by molar-refractivity contribution is -0.132. The van der Waals surface area contributed by atoms with E-state index in [9.17, 15) is 13.6 Å². The second-order valence-corrected chi connectivity index (χ2v) is 4.60.